The first-order valence-corrected chi connectivity index (χ1v) is 7.56. The first kappa shape index (κ1) is 14.5. The third-order valence-electron chi connectivity index (χ3n) is 4.87. The molecule has 0 aromatic carbocycles. The molecule has 2 saturated heterocycles. The molecule has 0 saturated carbocycles. The number of aliphatic hydroxyl groups is 1. The third kappa shape index (κ3) is 2.70. The van der Waals surface area contributed by atoms with E-state index in [1.807, 2.05) is 18.7 Å². The highest BCUT2D eigenvalue weighted by Crippen LogP contribution is 2.40. The Kier molecular flexibility index (Phi) is 3.75. The van der Waals surface area contributed by atoms with Crippen LogP contribution in [0.5, 0.6) is 0 Å². The quantitative estimate of drug-likeness (QED) is 0.885. The molecule has 1 spiro atoms. The Balaban J connectivity index is 1.68. The number of aromatic nitrogens is 1. The molecule has 0 radical (unpaired) electrons. The van der Waals surface area contributed by atoms with E-state index in [4.69, 9.17) is 9.63 Å². The molecule has 0 bridgehead atoms. The van der Waals surface area contributed by atoms with Gasteiger partial charge in [0.15, 0.2) is 0 Å². The number of carbonyl (C=O) groups excluding carboxylic acids is 1. The minimum atomic E-state index is 0.0746. The van der Waals surface area contributed by atoms with Gasteiger partial charge >= 0.3 is 0 Å². The lowest BCUT2D eigenvalue weighted by Crippen LogP contribution is -2.32. The summed E-state index contributed by atoms with van der Waals surface area (Å²) in [6.07, 6.45) is 1.66. The molecule has 2 aliphatic heterocycles. The van der Waals surface area contributed by atoms with E-state index < -0.39 is 0 Å². The normalized spacial score (nSPS) is 26.4. The summed E-state index contributed by atoms with van der Waals surface area (Å²) in [5, 5.41) is 13.0. The second kappa shape index (κ2) is 5.42. The number of aryl methyl sites for hydroxylation is 2. The number of nitrogens with zero attached hydrogens (tertiary/aromatic N) is 3. The molecule has 2 fully saturated rings. The minimum Gasteiger partial charge on any atom is -0.395 e. The van der Waals surface area contributed by atoms with E-state index in [9.17, 15) is 4.79 Å². The summed E-state index contributed by atoms with van der Waals surface area (Å²) in [5.41, 5.74) is 1.98. The van der Waals surface area contributed by atoms with Crippen LogP contribution in [0.15, 0.2) is 4.52 Å². The number of hydrogen-bond acceptors (Lipinski definition) is 5. The summed E-state index contributed by atoms with van der Waals surface area (Å²) < 4.78 is 5.18. The predicted molar refractivity (Wildman–Crippen MR) is 76.6 cm³/mol. The Hall–Kier alpha value is -1.40. The van der Waals surface area contributed by atoms with Crippen LogP contribution in [0, 0.1) is 19.3 Å². The van der Waals surface area contributed by atoms with Crippen molar-refractivity contribution in [2.75, 3.05) is 32.8 Å². The lowest BCUT2D eigenvalue weighted by Gasteiger charge is -2.24. The van der Waals surface area contributed by atoms with E-state index in [1.54, 1.807) is 0 Å². The first-order valence-electron chi connectivity index (χ1n) is 7.56. The van der Waals surface area contributed by atoms with Crippen LogP contribution in [0.25, 0.3) is 0 Å². The molecule has 1 aromatic rings. The molecule has 1 atom stereocenters. The third-order valence-corrected chi connectivity index (χ3v) is 4.87. The molecule has 1 N–H and O–H groups in total. The second-order valence-corrected chi connectivity index (χ2v) is 6.48. The number of carbonyl (C=O) groups is 1. The Labute approximate surface area is 124 Å². The summed E-state index contributed by atoms with van der Waals surface area (Å²) in [7, 11) is 0. The fourth-order valence-corrected chi connectivity index (χ4v) is 3.68. The average Bonchev–Trinajstić information content (AvgIpc) is 3.06. The summed E-state index contributed by atoms with van der Waals surface area (Å²) in [5.74, 6) is 1.02. The van der Waals surface area contributed by atoms with Crippen molar-refractivity contribution >= 4 is 5.91 Å². The van der Waals surface area contributed by atoms with E-state index in [0.29, 0.717) is 19.5 Å². The van der Waals surface area contributed by atoms with Crippen LogP contribution in [-0.4, -0.2) is 58.8 Å². The SMILES string of the molecule is Cc1noc(C)c1CN1C[C@]2(CCN(CCO)C2)CC1=O. The van der Waals surface area contributed by atoms with Crippen molar-refractivity contribution < 1.29 is 14.4 Å². The molecule has 3 heterocycles. The Morgan fingerprint density at radius 3 is 2.86 bits per heavy atom. The van der Waals surface area contributed by atoms with Crippen LogP contribution in [0.2, 0.25) is 0 Å². The number of hydrogen-bond donors (Lipinski definition) is 1. The van der Waals surface area contributed by atoms with E-state index in [1.165, 1.54) is 0 Å². The predicted octanol–water partition coefficient (Wildman–Crippen LogP) is 0.708. The number of likely N-dealkylation sites (tertiary alicyclic amines) is 2. The molecule has 3 rings (SSSR count). The zero-order chi connectivity index (χ0) is 15.0. The van der Waals surface area contributed by atoms with Gasteiger partial charge in [0.25, 0.3) is 0 Å². The van der Waals surface area contributed by atoms with E-state index >= 15 is 0 Å². The lowest BCUT2D eigenvalue weighted by molar-refractivity contribution is -0.128. The largest absolute Gasteiger partial charge is 0.395 e. The van der Waals surface area contributed by atoms with Crippen LogP contribution in [0.1, 0.15) is 29.9 Å². The highest BCUT2D eigenvalue weighted by molar-refractivity contribution is 5.79. The van der Waals surface area contributed by atoms with E-state index in [-0.39, 0.29) is 17.9 Å². The van der Waals surface area contributed by atoms with Crippen molar-refractivity contribution in [2.45, 2.75) is 33.2 Å². The second-order valence-electron chi connectivity index (χ2n) is 6.48. The standard InChI is InChI=1S/C15H23N3O3/c1-11-13(12(2)21-16-11)8-18-10-15(7-14(18)20)3-4-17(9-15)5-6-19/h19H,3-10H2,1-2H3/t15-/m1/s1. The average molecular weight is 293 g/mol. The Morgan fingerprint density at radius 1 is 1.38 bits per heavy atom. The van der Waals surface area contributed by atoms with E-state index in [2.05, 4.69) is 10.1 Å². The molecule has 116 valence electrons. The molecule has 0 unspecified atom stereocenters. The Bertz CT molecular complexity index is 523. The summed E-state index contributed by atoms with van der Waals surface area (Å²) >= 11 is 0. The summed E-state index contributed by atoms with van der Waals surface area (Å²) in [4.78, 5) is 16.6. The van der Waals surface area contributed by atoms with Gasteiger partial charge in [-0.05, 0) is 26.8 Å². The van der Waals surface area contributed by atoms with Crippen molar-refractivity contribution in [1.29, 1.82) is 0 Å². The number of rotatable bonds is 4. The van der Waals surface area contributed by atoms with Gasteiger partial charge in [-0.2, -0.15) is 0 Å². The van der Waals surface area contributed by atoms with Crippen molar-refractivity contribution in [3.8, 4) is 0 Å². The first-order chi connectivity index (χ1) is 10.0. The van der Waals surface area contributed by atoms with Crippen LogP contribution >= 0.6 is 0 Å². The fourth-order valence-electron chi connectivity index (χ4n) is 3.68. The van der Waals surface area contributed by atoms with Gasteiger partial charge in [0.05, 0.1) is 18.8 Å². The van der Waals surface area contributed by atoms with Crippen molar-refractivity contribution in [3.05, 3.63) is 17.0 Å². The smallest absolute Gasteiger partial charge is 0.223 e. The van der Waals surface area contributed by atoms with Crippen LogP contribution in [0.4, 0.5) is 0 Å². The Morgan fingerprint density at radius 2 is 2.19 bits per heavy atom. The van der Waals surface area contributed by atoms with Crippen LogP contribution in [-0.2, 0) is 11.3 Å². The lowest BCUT2D eigenvalue weighted by atomic mass is 9.86. The molecule has 0 aliphatic carbocycles. The molecule has 1 aromatic heterocycles. The molecule has 6 nitrogen and oxygen atoms in total. The van der Waals surface area contributed by atoms with Gasteiger partial charge in [0.1, 0.15) is 5.76 Å². The van der Waals surface area contributed by atoms with Crippen molar-refractivity contribution in [2.24, 2.45) is 5.41 Å². The molecule has 2 aliphatic rings. The summed E-state index contributed by atoms with van der Waals surface area (Å²) in [6.45, 7) is 8.00. The minimum absolute atomic E-state index is 0.0746. The maximum atomic E-state index is 12.4. The topological polar surface area (TPSA) is 69.8 Å². The van der Waals surface area contributed by atoms with Gasteiger partial charge in [-0.25, -0.2) is 0 Å². The number of aliphatic hydroxyl groups excluding tert-OH is 1. The highest BCUT2D eigenvalue weighted by atomic mass is 16.5. The number of β-amino-alcohol motifs (C(OH)–C–C–N with tert-alkyl or cyclic N) is 1. The summed E-state index contributed by atoms with van der Waals surface area (Å²) in [6, 6.07) is 0. The van der Waals surface area contributed by atoms with Gasteiger partial charge in [0, 0.05) is 37.0 Å². The molecule has 21 heavy (non-hydrogen) atoms. The van der Waals surface area contributed by atoms with E-state index in [0.717, 1.165) is 43.1 Å². The van der Waals surface area contributed by atoms with Crippen LogP contribution < -0.4 is 0 Å². The van der Waals surface area contributed by atoms with Crippen molar-refractivity contribution in [3.63, 3.8) is 0 Å². The van der Waals surface area contributed by atoms with Gasteiger partial charge in [0.2, 0.25) is 5.91 Å². The van der Waals surface area contributed by atoms with Gasteiger partial charge < -0.3 is 19.4 Å². The molecule has 6 heteroatoms. The van der Waals surface area contributed by atoms with Crippen molar-refractivity contribution in [1.82, 2.24) is 15.0 Å². The van der Waals surface area contributed by atoms with Gasteiger partial charge in [-0.15, -0.1) is 0 Å². The maximum absolute atomic E-state index is 12.4. The monoisotopic (exact) mass is 293 g/mol. The highest BCUT2D eigenvalue weighted by Gasteiger charge is 2.47. The molecule has 1 amide bonds. The van der Waals surface area contributed by atoms with Gasteiger partial charge in [-0.1, -0.05) is 5.16 Å². The molecular formula is C15H23N3O3. The zero-order valence-corrected chi connectivity index (χ0v) is 12.8. The van der Waals surface area contributed by atoms with Gasteiger partial charge in [-0.3, -0.25) is 4.79 Å². The fraction of sp³-hybridized carbons (Fsp3) is 0.733. The molecular weight excluding hydrogens is 270 g/mol. The number of amides is 1. The maximum Gasteiger partial charge on any atom is 0.223 e. The van der Waals surface area contributed by atoms with Crippen LogP contribution in [0.3, 0.4) is 0 Å². The zero-order valence-electron chi connectivity index (χ0n) is 12.8.